The second kappa shape index (κ2) is 5.12. The van der Waals surface area contributed by atoms with Crippen LogP contribution in [0.3, 0.4) is 0 Å². The fourth-order valence-corrected chi connectivity index (χ4v) is 1.42. The van der Waals surface area contributed by atoms with Gasteiger partial charge in [-0.1, -0.05) is 6.92 Å². The Balaban J connectivity index is 2.87. The minimum atomic E-state index is -0.576. The molecule has 1 heterocycles. The predicted molar refractivity (Wildman–Crippen MR) is 54.1 cm³/mol. The van der Waals surface area contributed by atoms with Crippen molar-refractivity contribution in [2.24, 2.45) is 0 Å². The van der Waals surface area contributed by atoms with Gasteiger partial charge in [-0.05, 0) is 19.4 Å². The first kappa shape index (κ1) is 11.2. The molecule has 1 rings (SSSR count). The lowest BCUT2D eigenvalue weighted by Crippen LogP contribution is -2.11. The molecule has 0 aliphatic heterocycles. The minimum absolute atomic E-state index is 0.314. The Kier molecular flexibility index (Phi) is 4.10. The molecule has 1 aromatic rings. The van der Waals surface area contributed by atoms with Gasteiger partial charge in [0.25, 0.3) is 0 Å². The number of aliphatic hydroxyl groups excluding tert-OH is 1. The van der Waals surface area contributed by atoms with Crippen molar-refractivity contribution in [3.8, 4) is 0 Å². The summed E-state index contributed by atoms with van der Waals surface area (Å²) >= 11 is 0. The monoisotopic (exact) mass is 198 g/mol. The number of hydrogen-bond acceptors (Lipinski definition) is 3. The van der Waals surface area contributed by atoms with Crippen LogP contribution in [-0.2, 0) is 17.7 Å². The molecule has 80 valence electrons. The van der Waals surface area contributed by atoms with E-state index in [1.54, 1.807) is 7.11 Å². The van der Waals surface area contributed by atoms with Crippen LogP contribution in [0.25, 0.3) is 0 Å². The molecule has 0 saturated heterocycles. The van der Waals surface area contributed by atoms with E-state index < -0.39 is 6.10 Å². The second-order valence-electron chi connectivity index (χ2n) is 3.20. The summed E-state index contributed by atoms with van der Waals surface area (Å²) in [7, 11) is 1.58. The summed E-state index contributed by atoms with van der Waals surface area (Å²) in [6.45, 7) is 5.15. The molecule has 0 radical (unpaired) electrons. The Morgan fingerprint density at radius 2 is 2.29 bits per heavy atom. The Hall–Kier alpha value is -0.870. The summed E-state index contributed by atoms with van der Waals surface area (Å²) in [6.07, 6.45) is 0.312. The molecule has 14 heavy (non-hydrogen) atoms. The van der Waals surface area contributed by atoms with Crippen LogP contribution in [-0.4, -0.2) is 28.6 Å². The van der Waals surface area contributed by atoms with Gasteiger partial charge < -0.3 is 9.84 Å². The number of methoxy groups -OCH3 is 1. The smallest absolute Gasteiger partial charge is 0.119 e. The predicted octanol–water partition coefficient (Wildman–Crippen LogP) is 1.15. The average molecular weight is 198 g/mol. The van der Waals surface area contributed by atoms with Crippen LogP contribution in [0.1, 0.15) is 31.3 Å². The van der Waals surface area contributed by atoms with Gasteiger partial charge in [-0.2, -0.15) is 5.10 Å². The van der Waals surface area contributed by atoms with Crippen LogP contribution >= 0.6 is 0 Å². The molecule has 1 atom stereocenters. The van der Waals surface area contributed by atoms with E-state index in [2.05, 4.69) is 12.0 Å². The molecule has 4 nitrogen and oxygen atoms in total. The number of nitrogens with zero attached hydrogens (tertiary/aromatic N) is 2. The molecule has 1 aromatic heterocycles. The maximum absolute atomic E-state index is 9.76. The number of aromatic nitrogens is 2. The third-order valence-electron chi connectivity index (χ3n) is 2.19. The van der Waals surface area contributed by atoms with Gasteiger partial charge in [0.1, 0.15) is 6.10 Å². The quantitative estimate of drug-likeness (QED) is 0.772. The first-order valence-electron chi connectivity index (χ1n) is 4.96. The first-order valence-corrected chi connectivity index (χ1v) is 4.96. The lowest BCUT2D eigenvalue weighted by molar-refractivity contribution is 0.0587. The van der Waals surface area contributed by atoms with Crippen LogP contribution < -0.4 is 0 Å². The van der Waals surface area contributed by atoms with Crippen molar-refractivity contribution >= 4 is 0 Å². The van der Waals surface area contributed by atoms with Gasteiger partial charge in [0, 0.05) is 13.7 Å². The third-order valence-corrected chi connectivity index (χ3v) is 2.19. The molecule has 0 saturated carbocycles. The fraction of sp³-hybridized carbons (Fsp3) is 0.700. The highest BCUT2D eigenvalue weighted by Crippen LogP contribution is 2.15. The van der Waals surface area contributed by atoms with Crippen LogP contribution in [0.2, 0.25) is 0 Å². The van der Waals surface area contributed by atoms with E-state index in [1.807, 2.05) is 17.7 Å². The largest absolute Gasteiger partial charge is 0.384 e. The number of rotatable bonds is 5. The molecule has 0 aliphatic rings. The van der Waals surface area contributed by atoms with Crippen molar-refractivity contribution in [2.45, 2.75) is 32.9 Å². The van der Waals surface area contributed by atoms with Gasteiger partial charge in [-0.15, -0.1) is 0 Å². The summed E-state index contributed by atoms with van der Waals surface area (Å²) < 4.78 is 6.73. The fourth-order valence-electron chi connectivity index (χ4n) is 1.42. The molecule has 0 fully saturated rings. The van der Waals surface area contributed by atoms with Crippen molar-refractivity contribution in [2.75, 3.05) is 13.7 Å². The zero-order valence-electron chi connectivity index (χ0n) is 9.03. The molecule has 0 amide bonds. The minimum Gasteiger partial charge on any atom is -0.384 e. The van der Waals surface area contributed by atoms with E-state index >= 15 is 0 Å². The summed E-state index contributed by atoms with van der Waals surface area (Å²) in [5.74, 6) is 0. The summed E-state index contributed by atoms with van der Waals surface area (Å²) in [6, 6.07) is 1.94. The van der Waals surface area contributed by atoms with Gasteiger partial charge in [0.05, 0.1) is 18.0 Å². The van der Waals surface area contributed by atoms with Gasteiger partial charge in [0.2, 0.25) is 0 Å². The second-order valence-corrected chi connectivity index (χ2v) is 3.20. The van der Waals surface area contributed by atoms with Crippen molar-refractivity contribution < 1.29 is 9.84 Å². The van der Waals surface area contributed by atoms with Gasteiger partial charge in [-0.25, -0.2) is 0 Å². The topological polar surface area (TPSA) is 47.3 Å². The van der Waals surface area contributed by atoms with Crippen molar-refractivity contribution in [1.82, 2.24) is 9.78 Å². The molecular weight excluding hydrogens is 180 g/mol. The summed E-state index contributed by atoms with van der Waals surface area (Å²) in [5, 5.41) is 14.1. The van der Waals surface area contributed by atoms with Gasteiger partial charge in [0.15, 0.2) is 0 Å². The van der Waals surface area contributed by atoms with Crippen molar-refractivity contribution in [3.63, 3.8) is 0 Å². The third kappa shape index (κ3) is 2.33. The average Bonchev–Trinajstić information content (AvgIpc) is 2.61. The molecular formula is C10H18N2O2. The molecule has 0 spiro atoms. The highest BCUT2D eigenvalue weighted by Gasteiger charge is 2.14. The summed E-state index contributed by atoms with van der Waals surface area (Å²) in [4.78, 5) is 0. The van der Waals surface area contributed by atoms with Crippen LogP contribution in [0.4, 0.5) is 0 Å². The normalized spacial score (nSPS) is 13.1. The molecule has 1 N–H and O–H groups in total. The Morgan fingerprint density at radius 1 is 1.57 bits per heavy atom. The SMILES string of the molecule is CCc1cc(C(O)COC)n(CC)n1. The zero-order chi connectivity index (χ0) is 10.6. The highest BCUT2D eigenvalue weighted by atomic mass is 16.5. The maximum Gasteiger partial charge on any atom is 0.119 e. The van der Waals surface area contributed by atoms with Crippen molar-refractivity contribution in [3.05, 3.63) is 17.5 Å². The number of aliphatic hydroxyl groups is 1. The lowest BCUT2D eigenvalue weighted by atomic mass is 10.2. The van der Waals surface area contributed by atoms with Gasteiger partial charge in [-0.3, -0.25) is 4.68 Å². The maximum atomic E-state index is 9.76. The van der Waals surface area contributed by atoms with Crippen LogP contribution in [0.15, 0.2) is 6.07 Å². The number of ether oxygens (including phenoxy) is 1. The van der Waals surface area contributed by atoms with E-state index in [4.69, 9.17) is 4.74 Å². The molecule has 0 bridgehead atoms. The Bertz CT molecular complexity index is 284. The van der Waals surface area contributed by atoms with E-state index in [-0.39, 0.29) is 0 Å². The van der Waals surface area contributed by atoms with Crippen LogP contribution in [0, 0.1) is 0 Å². The first-order chi connectivity index (χ1) is 6.72. The Morgan fingerprint density at radius 3 is 2.79 bits per heavy atom. The molecule has 0 aliphatic carbocycles. The van der Waals surface area contributed by atoms with E-state index in [0.717, 1.165) is 24.4 Å². The van der Waals surface area contributed by atoms with E-state index in [9.17, 15) is 5.11 Å². The van der Waals surface area contributed by atoms with Crippen molar-refractivity contribution in [1.29, 1.82) is 0 Å². The highest BCUT2D eigenvalue weighted by molar-refractivity contribution is 5.13. The lowest BCUT2D eigenvalue weighted by Gasteiger charge is -2.10. The molecule has 1 unspecified atom stereocenters. The number of aryl methyl sites for hydroxylation is 2. The summed E-state index contributed by atoms with van der Waals surface area (Å²) in [5.41, 5.74) is 1.85. The Labute approximate surface area is 84.5 Å². The molecule has 4 heteroatoms. The van der Waals surface area contributed by atoms with Gasteiger partial charge >= 0.3 is 0 Å². The standard InChI is InChI=1S/C10H18N2O2/c1-4-8-6-9(10(13)7-14-3)12(5-2)11-8/h6,10,13H,4-5,7H2,1-3H3. The number of hydrogen-bond donors (Lipinski definition) is 1. The molecule has 0 aromatic carbocycles. The van der Waals surface area contributed by atoms with E-state index in [1.165, 1.54) is 0 Å². The zero-order valence-corrected chi connectivity index (χ0v) is 9.03. The van der Waals surface area contributed by atoms with E-state index in [0.29, 0.717) is 6.61 Å². The van der Waals surface area contributed by atoms with Crippen LogP contribution in [0.5, 0.6) is 0 Å².